The van der Waals surface area contributed by atoms with Crippen LogP contribution in [0.25, 0.3) is 0 Å². The second-order valence-corrected chi connectivity index (χ2v) is 11.7. The number of carbonyl (C=O) groups excluding carboxylic acids is 1. The zero-order valence-corrected chi connectivity index (χ0v) is 21.7. The molecule has 188 valence electrons. The van der Waals surface area contributed by atoms with E-state index in [4.69, 9.17) is 23.2 Å². The number of benzene rings is 2. The third-order valence-corrected chi connectivity index (χ3v) is 8.45. The number of hydrogen-bond donors (Lipinski definition) is 0. The molecule has 1 heterocycles. The zero-order valence-electron chi connectivity index (χ0n) is 19.4. The fourth-order valence-corrected chi connectivity index (χ4v) is 6.47. The minimum absolute atomic E-state index is 0.0379. The molecule has 0 spiro atoms. The lowest BCUT2D eigenvalue weighted by Crippen LogP contribution is -2.57. The molecule has 2 aromatic carbocycles. The second-order valence-electron chi connectivity index (χ2n) is 9.79. The van der Waals surface area contributed by atoms with Gasteiger partial charge in [-0.1, -0.05) is 60.5 Å². The van der Waals surface area contributed by atoms with Crippen LogP contribution in [0.4, 0.5) is 13.2 Å². The van der Waals surface area contributed by atoms with Crippen LogP contribution in [-0.4, -0.2) is 28.1 Å². The van der Waals surface area contributed by atoms with E-state index in [1.807, 2.05) is 37.3 Å². The summed E-state index contributed by atoms with van der Waals surface area (Å²) in [6.07, 6.45) is 4.34. The van der Waals surface area contributed by atoms with Gasteiger partial charge >= 0.3 is 5.51 Å². The molecule has 0 unspecified atom stereocenters. The number of rotatable bonds is 8. The lowest BCUT2D eigenvalue weighted by atomic mass is 9.67. The second kappa shape index (κ2) is 10.4. The number of allylic oxidation sites excluding steroid dienone is 1. The summed E-state index contributed by atoms with van der Waals surface area (Å²) in [5, 5.41) is 1.14. The Balaban J connectivity index is 1.87. The maximum atomic E-state index is 14.2. The van der Waals surface area contributed by atoms with Crippen LogP contribution in [0.3, 0.4) is 0 Å². The van der Waals surface area contributed by atoms with Crippen molar-refractivity contribution in [1.82, 2.24) is 4.90 Å². The van der Waals surface area contributed by atoms with Gasteiger partial charge in [-0.15, -0.1) is 6.58 Å². The van der Waals surface area contributed by atoms with Gasteiger partial charge in [0, 0.05) is 27.8 Å². The van der Waals surface area contributed by atoms with Crippen LogP contribution in [0.15, 0.2) is 61.2 Å². The van der Waals surface area contributed by atoms with Crippen LogP contribution < -0.4 is 0 Å². The molecule has 1 aliphatic heterocycles. The molecule has 2 aliphatic rings. The minimum Gasteiger partial charge on any atom is -0.330 e. The third-order valence-electron chi connectivity index (χ3n) is 7.13. The highest BCUT2D eigenvalue weighted by Gasteiger charge is 2.53. The molecule has 2 aromatic rings. The number of carbonyl (C=O) groups is 1. The Morgan fingerprint density at radius 1 is 1.14 bits per heavy atom. The summed E-state index contributed by atoms with van der Waals surface area (Å²) in [5.41, 5.74) is -3.33. The molecule has 4 atom stereocenters. The molecular weight excluding hydrogens is 514 g/mol. The Bertz CT molecular complexity index is 1070. The average Bonchev–Trinajstić information content (AvgIpc) is 3.62. The van der Waals surface area contributed by atoms with Crippen molar-refractivity contribution in [2.45, 2.75) is 56.1 Å². The van der Waals surface area contributed by atoms with Crippen molar-refractivity contribution < 1.29 is 18.0 Å². The first-order chi connectivity index (χ1) is 16.5. The Labute approximate surface area is 218 Å². The van der Waals surface area contributed by atoms with Crippen molar-refractivity contribution in [3.8, 4) is 0 Å². The molecule has 8 heteroatoms. The molecule has 1 saturated heterocycles. The van der Waals surface area contributed by atoms with Crippen molar-refractivity contribution in [2.75, 3.05) is 5.75 Å². The summed E-state index contributed by atoms with van der Waals surface area (Å²) in [6, 6.07) is 13.9. The molecule has 1 amide bonds. The van der Waals surface area contributed by atoms with Gasteiger partial charge in [-0.25, -0.2) is 0 Å². The Morgan fingerprint density at radius 2 is 1.83 bits per heavy atom. The molecule has 4 rings (SSSR count). The summed E-state index contributed by atoms with van der Waals surface area (Å²) < 4.78 is 39.9. The predicted molar refractivity (Wildman–Crippen MR) is 138 cm³/mol. The van der Waals surface area contributed by atoms with E-state index in [0.717, 1.165) is 24.0 Å². The lowest BCUT2D eigenvalue weighted by Gasteiger charge is -2.52. The van der Waals surface area contributed by atoms with Gasteiger partial charge in [-0.2, -0.15) is 13.2 Å². The normalized spacial score (nSPS) is 26.0. The number of piperidine rings is 1. The first-order valence-electron chi connectivity index (χ1n) is 11.7. The number of thioether (sulfide) groups is 1. The standard InChI is InChI=1S/C27H28Cl2F3NOS/c1-3-13-26(2)15-22(19-5-4-6-21(29)14-19)24(18-9-11-20(28)12-10-18)33(25(26)34)23(17-7-8-17)16-35-27(30,31)32/h3-6,9-12,14,17,22-24H,1,7-8,13,15-16H2,2H3/t22-,23-,24-,26+/m1/s1. The molecule has 0 aromatic heterocycles. The SMILES string of the molecule is C=CC[C@@]1(C)C[C@H](c2cccc(Cl)c2)[C@@H](c2ccc(Cl)cc2)N([C@H](CSC(F)(F)F)C2CC2)C1=O. The number of nitrogens with zero attached hydrogens (tertiary/aromatic N) is 1. The van der Waals surface area contributed by atoms with Crippen molar-refractivity contribution in [1.29, 1.82) is 0 Å². The van der Waals surface area contributed by atoms with E-state index in [2.05, 4.69) is 6.58 Å². The topological polar surface area (TPSA) is 20.3 Å². The molecule has 0 bridgehead atoms. The fourth-order valence-electron chi connectivity index (χ4n) is 5.36. The summed E-state index contributed by atoms with van der Waals surface area (Å²) in [7, 11) is 0. The van der Waals surface area contributed by atoms with Crippen molar-refractivity contribution >= 4 is 40.9 Å². The van der Waals surface area contributed by atoms with Gasteiger partial charge < -0.3 is 4.90 Å². The van der Waals surface area contributed by atoms with E-state index in [-0.39, 0.29) is 35.3 Å². The van der Waals surface area contributed by atoms with Crippen LogP contribution in [-0.2, 0) is 4.79 Å². The van der Waals surface area contributed by atoms with E-state index in [0.29, 0.717) is 22.9 Å². The Kier molecular flexibility index (Phi) is 7.85. The highest BCUT2D eigenvalue weighted by atomic mass is 35.5. The van der Waals surface area contributed by atoms with Crippen LogP contribution in [0.5, 0.6) is 0 Å². The van der Waals surface area contributed by atoms with Crippen LogP contribution in [0.2, 0.25) is 10.0 Å². The van der Waals surface area contributed by atoms with E-state index in [1.54, 1.807) is 29.2 Å². The lowest BCUT2D eigenvalue weighted by molar-refractivity contribution is -0.154. The van der Waals surface area contributed by atoms with Crippen molar-refractivity contribution in [3.05, 3.63) is 82.4 Å². The zero-order chi connectivity index (χ0) is 25.4. The van der Waals surface area contributed by atoms with Gasteiger partial charge in [0.05, 0.1) is 11.5 Å². The van der Waals surface area contributed by atoms with Crippen LogP contribution in [0, 0.1) is 11.3 Å². The number of amides is 1. The molecule has 1 aliphatic carbocycles. The first-order valence-corrected chi connectivity index (χ1v) is 13.4. The molecule has 35 heavy (non-hydrogen) atoms. The van der Waals surface area contributed by atoms with Gasteiger partial charge in [-0.3, -0.25) is 4.79 Å². The smallest absolute Gasteiger partial charge is 0.330 e. The average molecular weight is 542 g/mol. The molecule has 2 fully saturated rings. The van der Waals surface area contributed by atoms with Gasteiger partial charge in [0.1, 0.15) is 0 Å². The molecule has 0 N–H and O–H groups in total. The maximum absolute atomic E-state index is 14.2. The summed E-state index contributed by atoms with van der Waals surface area (Å²) in [6.45, 7) is 5.76. The van der Waals surface area contributed by atoms with Gasteiger partial charge in [-0.05, 0) is 78.8 Å². The van der Waals surface area contributed by atoms with E-state index in [1.165, 1.54) is 0 Å². The van der Waals surface area contributed by atoms with E-state index >= 15 is 0 Å². The third kappa shape index (κ3) is 6.03. The summed E-state index contributed by atoms with van der Waals surface area (Å²) in [4.78, 5) is 15.9. The first kappa shape index (κ1) is 26.4. The largest absolute Gasteiger partial charge is 0.441 e. The van der Waals surface area contributed by atoms with Gasteiger partial charge in [0.25, 0.3) is 0 Å². The van der Waals surface area contributed by atoms with Crippen LogP contribution in [0.1, 0.15) is 55.7 Å². The molecule has 1 saturated carbocycles. The Morgan fingerprint density at radius 3 is 2.40 bits per heavy atom. The van der Waals surface area contributed by atoms with E-state index < -0.39 is 23.0 Å². The number of hydrogen-bond acceptors (Lipinski definition) is 2. The maximum Gasteiger partial charge on any atom is 0.441 e. The number of halogens is 5. The van der Waals surface area contributed by atoms with Crippen LogP contribution >= 0.6 is 35.0 Å². The van der Waals surface area contributed by atoms with E-state index in [9.17, 15) is 18.0 Å². The van der Waals surface area contributed by atoms with Gasteiger partial charge in [0.15, 0.2) is 0 Å². The molecule has 2 nitrogen and oxygen atoms in total. The number of likely N-dealkylation sites (tertiary alicyclic amines) is 1. The summed E-state index contributed by atoms with van der Waals surface area (Å²) in [5.74, 6) is -0.407. The predicted octanol–water partition coefficient (Wildman–Crippen LogP) is 8.66. The van der Waals surface area contributed by atoms with Crippen molar-refractivity contribution in [2.24, 2.45) is 11.3 Å². The highest BCUT2D eigenvalue weighted by Crippen LogP contribution is 2.54. The monoisotopic (exact) mass is 541 g/mol. The Hall–Kier alpha value is -1.63. The minimum atomic E-state index is -4.36. The van der Waals surface area contributed by atoms with Crippen molar-refractivity contribution in [3.63, 3.8) is 0 Å². The summed E-state index contributed by atoms with van der Waals surface area (Å²) >= 11 is 12.5. The quantitative estimate of drug-likeness (QED) is 0.311. The van der Waals surface area contributed by atoms with Gasteiger partial charge in [0.2, 0.25) is 5.91 Å². The number of alkyl halides is 3. The highest BCUT2D eigenvalue weighted by molar-refractivity contribution is 8.00. The fraction of sp³-hybridized carbons (Fsp3) is 0.444. The molecular formula is C27H28Cl2F3NOS. The molecule has 0 radical (unpaired) electrons.